The van der Waals surface area contributed by atoms with E-state index in [1.54, 1.807) is 11.6 Å². The largest absolute Gasteiger partial charge is 0.361 e. The predicted octanol–water partition coefficient (Wildman–Crippen LogP) is 4.11. The summed E-state index contributed by atoms with van der Waals surface area (Å²) in [5.41, 5.74) is 7.67. The minimum Gasteiger partial charge on any atom is -0.361 e. The van der Waals surface area contributed by atoms with E-state index in [0.29, 0.717) is 0 Å². The normalized spacial score (nSPS) is 11.4. The molecular weight excluding hydrogens is 314 g/mol. The Labute approximate surface area is 144 Å². The fraction of sp³-hybridized carbons (Fsp3) is 0.200. The van der Waals surface area contributed by atoms with Crippen LogP contribution in [0.2, 0.25) is 0 Å². The predicted molar refractivity (Wildman–Crippen MR) is 98.7 cm³/mol. The van der Waals surface area contributed by atoms with Crippen molar-refractivity contribution in [1.29, 1.82) is 0 Å². The highest BCUT2D eigenvalue weighted by Crippen LogP contribution is 2.36. The molecule has 5 nitrogen and oxygen atoms in total. The van der Waals surface area contributed by atoms with E-state index in [1.807, 2.05) is 32.0 Å². The van der Waals surface area contributed by atoms with Crippen molar-refractivity contribution in [1.82, 2.24) is 14.7 Å². The Bertz CT molecular complexity index is 1140. The highest BCUT2D eigenvalue weighted by Gasteiger charge is 2.18. The van der Waals surface area contributed by atoms with Gasteiger partial charge in [-0.1, -0.05) is 29.4 Å². The van der Waals surface area contributed by atoms with Gasteiger partial charge in [0.15, 0.2) is 0 Å². The monoisotopic (exact) mass is 333 g/mol. The first-order valence-corrected chi connectivity index (χ1v) is 8.19. The van der Waals surface area contributed by atoms with E-state index >= 15 is 0 Å². The number of fused-ring (bicyclic) bond motifs is 1. The third-order valence-electron chi connectivity index (χ3n) is 4.75. The first kappa shape index (κ1) is 15.4. The molecule has 0 saturated carbocycles. The molecule has 0 radical (unpaired) electrons. The first-order chi connectivity index (χ1) is 12.0. The van der Waals surface area contributed by atoms with Crippen molar-refractivity contribution in [2.45, 2.75) is 20.8 Å². The Kier molecular flexibility index (Phi) is 3.39. The summed E-state index contributed by atoms with van der Waals surface area (Å²) in [5.74, 6) is 0.769. The summed E-state index contributed by atoms with van der Waals surface area (Å²) in [4.78, 5) is 15.2. The van der Waals surface area contributed by atoms with Crippen LogP contribution in [0, 0.1) is 20.8 Å². The molecule has 5 heteroatoms. The quantitative estimate of drug-likeness (QED) is 0.600. The van der Waals surface area contributed by atoms with E-state index in [0.717, 1.165) is 50.3 Å². The third kappa shape index (κ3) is 2.31. The lowest BCUT2D eigenvalue weighted by Crippen LogP contribution is -2.12. The molecule has 0 saturated heterocycles. The molecule has 2 heterocycles. The van der Waals surface area contributed by atoms with Gasteiger partial charge < -0.3 is 9.51 Å². The number of hydrogen-bond acceptors (Lipinski definition) is 3. The molecule has 2 aromatic carbocycles. The zero-order valence-electron chi connectivity index (χ0n) is 14.7. The van der Waals surface area contributed by atoms with Crippen LogP contribution in [0.5, 0.6) is 0 Å². The smallest absolute Gasteiger partial charge is 0.326 e. The maximum atomic E-state index is 12.2. The molecule has 4 aromatic rings. The molecule has 0 bridgehead atoms. The highest BCUT2D eigenvalue weighted by molar-refractivity contribution is 5.97. The lowest BCUT2D eigenvalue weighted by atomic mass is 9.94. The lowest BCUT2D eigenvalue weighted by Gasteiger charge is -2.11. The Morgan fingerprint density at radius 3 is 2.52 bits per heavy atom. The molecule has 0 amide bonds. The van der Waals surface area contributed by atoms with E-state index in [4.69, 9.17) is 4.52 Å². The van der Waals surface area contributed by atoms with E-state index in [9.17, 15) is 4.79 Å². The maximum Gasteiger partial charge on any atom is 0.326 e. The van der Waals surface area contributed by atoms with Gasteiger partial charge in [0.25, 0.3) is 0 Å². The standard InChI is InChI=1S/C20H19N3O2/c1-11-7-5-6-8-15(11)16-9-14(18-12(2)22-25-13(18)3)10-17-19(16)23(4)20(24)21-17/h5-10H,1-4H3,(H,21,24). The molecule has 0 aliphatic carbocycles. The summed E-state index contributed by atoms with van der Waals surface area (Å²) in [6.07, 6.45) is 0. The number of imidazole rings is 1. The molecule has 0 fully saturated rings. The molecule has 4 rings (SSSR count). The van der Waals surface area contributed by atoms with Gasteiger partial charge in [-0.3, -0.25) is 4.57 Å². The van der Waals surface area contributed by atoms with E-state index in [-0.39, 0.29) is 5.69 Å². The maximum absolute atomic E-state index is 12.2. The van der Waals surface area contributed by atoms with Crippen LogP contribution in [-0.2, 0) is 7.05 Å². The molecule has 0 atom stereocenters. The van der Waals surface area contributed by atoms with Crippen LogP contribution in [0.4, 0.5) is 0 Å². The van der Waals surface area contributed by atoms with Gasteiger partial charge in [-0.2, -0.15) is 0 Å². The number of aryl methyl sites for hydroxylation is 4. The van der Waals surface area contributed by atoms with Crippen molar-refractivity contribution in [3.05, 3.63) is 63.9 Å². The summed E-state index contributed by atoms with van der Waals surface area (Å²) in [6, 6.07) is 12.3. The molecule has 2 aromatic heterocycles. The number of aromatic nitrogens is 3. The number of benzene rings is 2. The van der Waals surface area contributed by atoms with Crippen molar-refractivity contribution in [3.63, 3.8) is 0 Å². The fourth-order valence-corrected chi connectivity index (χ4v) is 3.51. The second-order valence-electron chi connectivity index (χ2n) is 6.42. The summed E-state index contributed by atoms with van der Waals surface area (Å²) in [5, 5.41) is 4.06. The van der Waals surface area contributed by atoms with Crippen molar-refractivity contribution in [2.24, 2.45) is 7.05 Å². The molecule has 0 aliphatic heterocycles. The van der Waals surface area contributed by atoms with Gasteiger partial charge in [-0.05, 0) is 49.6 Å². The summed E-state index contributed by atoms with van der Waals surface area (Å²) >= 11 is 0. The summed E-state index contributed by atoms with van der Waals surface area (Å²) in [7, 11) is 1.79. The van der Waals surface area contributed by atoms with Gasteiger partial charge in [0.2, 0.25) is 0 Å². The Morgan fingerprint density at radius 1 is 1.08 bits per heavy atom. The third-order valence-corrected chi connectivity index (χ3v) is 4.75. The van der Waals surface area contributed by atoms with Crippen LogP contribution < -0.4 is 5.69 Å². The number of nitrogens with one attached hydrogen (secondary N) is 1. The van der Waals surface area contributed by atoms with Crippen molar-refractivity contribution in [2.75, 3.05) is 0 Å². The van der Waals surface area contributed by atoms with Crippen LogP contribution in [0.15, 0.2) is 45.7 Å². The van der Waals surface area contributed by atoms with Crippen LogP contribution >= 0.6 is 0 Å². The minimum absolute atomic E-state index is 0.124. The molecular formula is C20H19N3O2. The Morgan fingerprint density at radius 2 is 1.84 bits per heavy atom. The summed E-state index contributed by atoms with van der Waals surface area (Å²) in [6.45, 7) is 5.91. The number of H-pyrrole nitrogens is 1. The molecule has 0 unspecified atom stereocenters. The molecule has 25 heavy (non-hydrogen) atoms. The van der Waals surface area contributed by atoms with Gasteiger partial charge in [0.05, 0.1) is 16.7 Å². The number of rotatable bonds is 2. The molecule has 126 valence electrons. The second-order valence-corrected chi connectivity index (χ2v) is 6.42. The fourth-order valence-electron chi connectivity index (χ4n) is 3.51. The number of aromatic amines is 1. The van der Waals surface area contributed by atoms with Gasteiger partial charge in [-0.15, -0.1) is 0 Å². The first-order valence-electron chi connectivity index (χ1n) is 8.19. The van der Waals surface area contributed by atoms with Crippen LogP contribution in [0.25, 0.3) is 33.3 Å². The molecule has 0 spiro atoms. The second kappa shape index (κ2) is 5.48. The van der Waals surface area contributed by atoms with Crippen molar-refractivity contribution >= 4 is 11.0 Å². The Hall–Kier alpha value is -3.08. The van der Waals surface area contributed by atoms with Crippen LogP contribution in [0.1, 0.15) is 17.0 Å². The van der Waals surface area contributed by atoms with Crippen molar-refractivity contribution in [3.8, 4) is 22.3 Å². The van der Waals surface area contributed by atoms with E-state index in [1.165, 1.54) is 0 Å². The topological polar surface area (TPSA) is 63.8 Å². The number of nitrogens with zero attached hydrogens (tertiary/aromatic N) is 2. The average molecular weight is 333 g/mol. The lowest BCUT2D eigenvalue weighted by molar-refractivity contribution is 0.393. The van der Waals surface area contributed by atoms with Crippen molar-refractivity contribution < 1.29 is 4.52 Å². The average Bonchev–Trinajstić information content (AvgIpc) is 3.06. The number of hydrogen-bond donors (Lipinski definition) is 1. The van der Waals surface area contributed by atoms with Gasteiger partial charge >= 0.3 is 5.69 Å². The van der Waals surface area contributed by atoms with Gasteiger partial charge in [-0.25, -0.2) is 4.79 Å². The molecule has 1 N–H and O–H groups in total. The molecule has 0 aliphatic rings. The van der Waals surface area contributed by atoms with E-state index in [2.05, 4.69) is 35.3 Å². The summed E-state index contributed by atoms with van der Waals surface area (Å²) < 4.78 is 6.99. The minimum atomic E-state index is -0.124. The van der Waals surface area contributed by atoms with Crippen LogP contribution in [-0.4, -0.2) is 14.7 Å². The van der Waals surface area contributed by atoms with E-state index < -0.39 is 0 Å². The highest BCUT2D eigenvalue weighted by atomic mass is 16.5. The zero-order valence-corrected chi connectivity index (χ0v) is 14.7. The van der Waals surface area contributed by atoms with Gasteiger partial charge in [0, 0.05) is 18.2 Å². The zero-order chi connectivity index (χ0) is 17.7. The van der Waals surface area contributed by atoms with Gasteiger partial charge in [0.1, 0.15) is 5.76 Å². The van der Waals surface area contributed by atoms with Crippen LogP contribution in [0.3, 0.4) is 0 Å². The Balaban J connectivity index is 2.13. The SMILES string of the molecule is Cc1ccccc1-c1cc(-c2c(C)noc2C)cc2[nH]c(=O)n(C)c12.